The van der Waals surface area contributed by atoms with Crippen LogP contribution in [0.2, 0.25) is 0 Å². The Kier molecular flexibility index (Phi) is 4.15. The van der Waals surface area contributed by atoms with Crippen molar-refractivity contribution in [2.24, 2.45) is 5.92 Å². The lowest BCUT2D eigenvalue weighted by molar-refractivity contribution is 0.0923. The zero-order valence-corrected chi connectivity index (χ0v) is 11.1. The van der Waals surface area contributed by atoms with E-state index in [1.807, 2.05) is 6.07 Å². The number of hydrogen-bond donors (Lipinski definition) is 3. The number of rotatable bonds is 3. The number of amides is 1. The van der Waals surface area contributed by atoms with E-state index in [2.05, 4.69) is 36.1 Å². The maximum Gasteiger partial charge on any atom is 0.252 e. The molecule has 19 heavy (non-hydrogen) atoms. The number of nitrogens with zero attached hydrogens (tertiary/aromatic N) is 1. The van der Waals surface area contributed by atoms with Gasteiger partial charge in [-0.2, -0.15) is 5.26 Å². The molecule has 1 fully saturated rings. The molecule has 5 heteroatoms. The fourth-order valence-corrected chi connectivity index (χ4v) is 2.08. The molecular weight excluding hydrogens is 240 g/mol. The van der Waals surface area contributed by atoms with Crippen molar-refractivity contribution in [1.82, 2.24) is 16.2 Å². The molecule has 100 valence electrons. The molecule has 3 atom stereocenters. The Labute approximate surface area is 113 Å². The van der Waals surface area contributed by atoms with Gasteiger partial charge in [0.15, 0.2) is 0 Å². The Morgan fingerprint density at radius 3 is 2.84 bits per heavy atom. The molecule has 1 heterocycles. The van der Waals surface area contributed by atoms with Gasteiger partial charge in [-0.1, -0.05) is 19.1 Å². The number of hydrogen-bond acceptors (Lipinski definition) is 4. The Bertz CT molecular complexity index is 508. The molecule has 0 bridgehead atoms. The Morgan fingerprint density at radius 2 is 2.21 bits per heavy atom. The predicted molar refractivity (Wildman–Crippen MR) is 71.9 cm³/mol. The summed E-state index contributed by atoms with van der Waals surface area (Å²) in [6.45, 7) is 4.14. The van der Waals surface area contributed by atoms with Gasteiger partial charge < -0.3 is 5.32 Å². The molecular formula is C14H18N4O. The fourth-order valence-electron chi connectivity index (χ4n) is 2.08. The van der Waals surface area contributed by atoms with Gasteiger partial charge in [0.25, 0.3) is 5.91 Å². The van der Waals surface area contributed by atoms with Crippen LogP contribution in [0.1, 0.15) is 29.8 Å². The number of carbonyl (C=O) groups excluding carboxylic acids is 1. The van der Waals surface area contributed by atoms with Crippen molar-refractivity contribution in [2.45, 2.75) is 32.5 Å². The molecule has 3 unspecified atom stereocenters. The van der Waals surface area contributed by atoms with Crippen LogP contribution in [-0.2, 0) is 6.42 Å². The van der Waals surface area contributed by atoms with Crippen LogP contribution in [0.25, 0.3) is 0 Å². The number of nitriles is 1. The van der Waals surface area contributed by atoms with Gasteiger partial charge in [0.2, 0.25) is 0 Å². The van der Waals surface area contributed by atoms with E-state index in [9.17, 15) is 4.79 Å². The average Bonchev–Trinajstić information content (AvgIpc) is 2.71. The second-order valence-electron chi connectivity index (χ2n) is 4.92. The molecule has 0 radical (unpaired) electrons. The first-order valence-corrected chi connectivity index (χ1v) is 6.39. The molecule has 0 saturated carbocycles. The van der Waals surface area contributed by atoms with E-state index in [0.717, 1.165) is 5.56 Å². The Morgan fingerprint density at radius 1 is 1.42 bits per heavy atom. The van der Waals surface area contributed by atoms with Crippen molar-refractivity contribution in [3.63, 3.8) is 0 Å². The quantitative estimate of drug-likeness (QED) is 0.754. The highest BCUT2D eigenvalue weighted by atomic mass is 16.1. The molecule has 0 aromatic heterocycles. The van der Waals surface area contributed by atoms with Crippen LogP contribution in [0.3, 0.4) is 0 Å². The minimum Gasteiger partial charge on any atom is -0.335 e. The van der Waals surface area contributed by atoms with Crippen molar-refractivity contribution in [3.8, 4) is 6.07 Å². The van der Waals surface area contributed by atoms with Crippen LogP contribution in [-0.4, -0.2) is 18.1 Å². The summed E-state index contributed by atoms with van der Waals surface area (Å²) in [7, 11) is 0. The monoisotopic (exact) mass is 258 g/mol. The molecule has 0 spiro atoms. The van der Waals surface area contributed by atoms with Gasteiger partial charge in [-0.25, -0.2) is 5.43 Å². The lowest BCUT2D eigenvalue weighted by atomic mass is 10.0. The number of benzene rings is 1. The average molecular weight is 258 g/mol. The highest BCUT2D eigenvalue weighted by Gasteiger charge is 2.30. The van der Waals surface area contributed by atoms with Gasteiger partial charge >= 0.3 is 0 Å². The second-order valence-corrected chi connectivity index (χ2v) is 4.92. The normalized spacial score (nSPS) is 25.8. The summed E-state index contributed by atoms with van der Waals surface area (Å²) in [5, 5.41) is 11.6. The molecule has 2 rings (SSSR count). The summed E-state index contributed by atoms with van der Waals surface area (Å²) in [5.41, 5.74) is 7.60. The molecule has 1 aliphatic heterocycles. The van der Waals surface area contributed by atoms with Crippen molar-refractivity contribution in [3.05, 3.63) is 35.4 Å². The number of carbonyl (C=O) groups is 1. The fraction of sp³-hybridized carbons (Fsp3) is 0.429. The second kappa shape index (κ2) is 5.83. The summed E-state index contributed by atoms with van der Waals surface area (Å²) < 4.78 is 0. The maximum absolute atomic E-state index is 12.1. The van der Waals surface area contributed by atoms with Crippen molar-refractivity contribution in [1.29, 1.82) is 5.26 Å². The molecule has 5 nitrogen and oxygen atoms in total. The summed E-state index contributed by atoms with van der Waals surface area (Å²) in [6.07, 6.45) is 0.236. The third-order valence-corrected chi connectivity index (χ3v) is 3.54. The summed E-state index contributed by atoms with van der Waals surface area (Å²) in [4.78, 5) is 12.1. The Hall–Kier alpha value is -1.90. The van der Waals surface area contributed by atoms with Crippen LogP contribution in [0.5, 0.6) is 0 Å². The van der Waals surface area contributed by atoms with Crippen LogP contribution in [0, 0.1) is 17.2 Å². The summed E-state index contributed by atoms with van der Waals surface area (Å²) in [5.74, 6) is 0.186. The van der Waals surface area contributed by atoms with Crippen molar-refractivity contribution in [2.75, 3.05) is 0 Å². The Balaban J connectivity index is 2.04. The van der Waals surface area contributed by atoms with E-state index in [0.29, 0.717) is 23.9 Å². The molecule has 1 aliphatic rings. The van der Waals surface area contributed by atoms with Gasteiger partial charge in [0, 0.05) is 17.5 Å². The molecule has 1 saturated heterocycles. The highest BCUT2D eigenvalue weighted by molar-refractivity contribution is 5.94. The van der Waals surface area contributed by atoms with E-state index in [4.69, 9.17) is 5.26 Å². The van der Waals surface area contributed by atoms with Gasteiger partial charge in [-0.3, -0.25) is 10.2 Å². The lowest BCUT2D eigenvalue weighted by Gasteiger charge is -2.18. The molecule has 1 aromatic carbocycles. The summed E-state index contributed by atoms with van der Waals surface area (Å²) in [6, 6.07) is 9.56. The van der Waals surface area contributed by atoms with Crippen LogP contribution >= 0.6 is 0 Å². The lowest BCUT2D eigenvalue weighted by Crippen LogP contribution is -2.46. The van der Waals surface area contributed by atoms with E-state index < -0.39 is 0 Å². The molecule has 1 aromatic rings. The first-order chi connectivity index (χ1) is 9.11. The van der Waals surface area contributed by atoms with Gasteiger partial charge in [-0.05, 0) is 24.6 Å². The van der Waals surface area contributed by atoms with E-state index in [-0.39, 0.29) is 12.1 Å². The first kappa shape index (κ1) is 13.5. The van der Waals surface area contributed by atoms with E-state index in [1.54, 1.807) is 18.2 Å². The third-order valence-electron chi connectivity index (χ3n) is 3.54. The zero-order chi connectivity index (χ0) is 13.8. The maximum atomic E-state index is 12.1. The topological polar surface area (TPSA) is 76.9 Å². The smallest absolute Gasteiger partial charge is 0.252 e. The molecule has 1 amide bonds. The van der Waals surface area contributed by atoms with Gasteiger partial charge in [0.05, 0.1) is 18.7 Å². The SMILES string of the molecule is CC1NNC(NC(=O)c2cccc(CC#N)c2)C1C. The first-order valence-electron chi connectivity index (χ1n) is 6.39. The summed E-state index contributed by atoms with van der Waals surface area (Å²) >= 11 is 0. The molecule has 0 aliphatic carbocycles. The van der Waals surface area contributed by atoms with Crippen LogP contribution in [0.4, 0.5) is 0 Å². The van der Waals surface area contributed by atoms with E-state index in [1.165, 1.54) is 0 Å². The zero-order valence-electron chi connectivity index (χ0n) is 11.1. The minimum absolute atomic E-state index is 0.0814. The minimum atomic E-state index is -0.125. The highest BCUT2D eigenvalue weighted by Crippen LogP contribution is 2.12. The van der Waals surface area contributed by atoms with Crippen molar-refractivity contribution < 1.29 is 4.79 Å². The van der Waals surface area contributed by atoms with Crippen molar-refractivity contribution >= 4 is 5.91 Å². The van der Waals surface area contributed by atoms with Crippen LogP contribution in [0.15, 0.2) is 24.3 Å². The number of hydrazine groups is 1. The standard InChI is InChI=1S/C14H18N4O/c1-9-10(2)17-18-13(9)16-14(19)12-5-3-4-11(8-12)6-7-15/h3-5,8-10,13,17-18H,6H2,1-2H3,(H,16,19). The van der Waals surface area contributed by atoms with Gasteiger partial charge in [-0.15, -0.1) is 0 Å². The van der Waals surface area contributed by atoms with Crippen LogP contribution < -0.4 is 16.2 Å². The number of nitrogens with one attached hydrogen (secondary N) is 3. The predicted octanol–water partition coefficient (Wildman–Crippen LogP) is 0.941. The molecule has 3 N–H and O–H groups in total. The third kappa shape index (κ3) is 3.11. The van der Waals surface area contributed by atoms with E-state index >= 15 is 0 Å². The largest absolute Gasteiger partial charge is 0.335 e. The van der Waals surface area contributed by atoms with Gasteiger partial charge in [0.1, 0.15) is 0 Å².